The maximum Gasteiger partial charge on any atom is 0.272 e. The van der Waals surface area contributed by atoms with Crippen LogP contribution in [0.2, 0.25) is 0 Å². The molecule has 2 aliphatic rings. The van der Waals surface area contributed by atoms with Crippen molar-refractivity contribution >= 4 is 22.5 Å². The van der Waals surface area contributed by atoms with E-state index in [4.69, 9.17) is 15.9 Å². The smallest absolute Gasteiger partial charge is 0.272 e. The second-order valence-electron chi connectivity index (χ2n) is 10.5. The Bertz CT molecular complexity index is 1750. The van der Waals surface area contributed by atoms with Gasteiger partial charge < -0.3 is 19.3 Å². The van der Waals surface area contributed by atoms with Crippen molar-refractivity contribution in [3.8, 4) is 23.8 Å². The molecular weight excluding hydrogens is 537 g/mol. The van der Waals surface area contributed by atoms with Gasteiger partial charge in [0.05, 0.1) is 29.9 Å². The molecule has 10 heteroatoms. The fraction of sp³-hybridized carbons (Fsp3) is 0.312. The van der Waals surface area contributed by atoms with Crippen LogP contribution < -0.4 is 19.9 Å². The number of pyridine rings is 1. The fourth-order valence-corrected chi connectivity index (χ4v) is 5.32. The molecule has 0 atom stereocenters. The van der Waals surface area contributed by atoms with Gasteiger partial charge in [-0.1, -0.05) is 12.0 Å². The Morgan fingerprint density at radius 3 is 2.64 bits per heavy atom. The van der Waals surface area contributed by atoms with E-state index in [1.54, 1.807) is 48.5 Å². The number of amides is 1. The summed E-state index contributed by atoms with van der Waals surface area (Å²) in [5, 5.41) is 8.01. The monoisotopic (exact) mass is 567 g/mol. The molecule has 2 aromatic carbocycles. The topological polar surface area (TPSA) is 101 Å². The number of nitrogens with zero attached hydrogens (tertiary/aromatic N) is 4. The van der Waals surface area contributed by atoms with Crippen LogP contribution in [0, 0.1) is 18.2 Å². The van der Waals surface area contributed by atoms with E-state index in [9.17, 15) is 14.0 Å². The molecule has 1 N–H and O–H groups in total. The number of hydrogen-bond acceptors (Lipinski definition) is 7. The molecule has 4 aromatic rings. The standard InChI is InChI=1S/C32H30FN5O4/c1-3-20-17-29(41-2)30(34-19-20)37-11-13-38(14-12-37)32(40)26-15-21(7-10-27(26)33)16-28-25-18-23(42-22-5-4-6-22)8-9-24(25)31(39)36-35-28/h1,7-10,15,17-19,22H,4-6,11-14,16H2,2H3,(H,36,39). The quantitative estimate of drug-likeness (QED) is 0.338. The van der Waals surface area contributed by atoms with E-state index < -0.39 is 5.82 Å². The predicted molar refractivity (Wildman–Crippen MR) is 157 cm³/mol. The number of anilines is 1. The Hall–Kier alpha value is -4.91. The van der Waals surface area contributed by atoms with Crippen LogP contribution in [0.1, 0.15) is 46.4 Å². The second-order valence-corrected chi connectivity index (χ2v) is 10.5. The number of H-pyrrole nitrogens is 1. The minimum absolute atomic E-state index is 0.00207. The summed E-state index contributed by atoms with van der Waals surface area (Å²) >= 11 is 0. The summed E-state index contributed by atoms with van der Waals surface area (Å²) in [6.45, 7) is 1.79. The molecule has 0 bridgehead atoms. The Labute approximate surface area is 242 Å². The number of carbonyl (C=O) groups is 1. The molecule has 1 aliphatic carbocycles. The van der Waals surface area contributed by atoms with E-state index in [2.05, 4.69) is 21.1 Å². The van der Waals surface area contributed by atoms with Crippen LogP contribution in [-0.4, -0.2) is 65.4 Å². The third-order valence-corrected chi connectivity index (χ3v) is 7.91. The third-order valence-electron chi connectivity index (χ3n) is 7.91. The zero-order chi connectivity index (χ0) is 29.2. The Morgan fingerprint density at radius 1 is 1.12 bits per heavy atom. The molecule has 214 valence electrons. The average molecular weight is 568 g/mol. The molecule has 0 radical (unpaired) electrons. The van der Waals surface area contributed by atoms with Crippen molar-refractivity contribution in [1.82, 2.24) is 20.1 Å². The van der Waals surface area contributed by atoms with Gasteiger partial charge >= 0.3 is 0 Å². The summed E-state index contributed by atoms with van der Waals surface area (Å²) < 4.78 is 26.5. The van der Waals surface area contributed by atoms with Crippen LogP contribution in [0.25, 0.3) is 10.8 Å². The van der Waals surface area contributed by atoms with Crippen LogP contribution in [0.4, 0.5) is 10.2 Å². The van der Waals surface area contributed by atoms with Gasteiger partial charge in [0, 0.05) is 55.8 Å². The lowest BCUT2D eigenvalue weighted by Crippen LogP contribution is -2.49. The maximum atomic E-state index is 15.0. The lowest BCUT2D eigenvalue weighted by molar-refractivity contribution is 0.0741. The number of hydrogen-bond donors (Lipinski definition) is 1. The summed E-state index contributed by atoms with van der Waals surface area (Å²) in [5.41, 5.74) is 1.63. The van der Waals surface area contributed by atoms with E-state index in [0.29, 0.717) is 77.5 Å². The van der Waals surface area contributed by atoms with Crippen LogP contribution >= 0.6 is 0 Å². The largest absolute Gasteiger partial charge is 0.493 e. The number of benzene rings is 2. The van der Waals surface area contributed by atoms with Crippen LogP contribution in [0.15, 0.2) is 53.5 Å². The first kappa shape index (κ1) is 27.3. The van der Waals surface area contributed by atoms with Crippen molar-refractivity contribution in [2.75, 3.05) is 38.2 Å². The maximum absolute atomic E-state index is 15.0. The summed E-state index contributed by atoms with van der Waals surface area (Å²) in [4.78, 5) is 34.0. The minimum Gasteiger partial charge on any atom is -0.493 e. The Balaban J connectivity index is 1.19. The number of methoxy groups -OCH3 is 1. The molecule has 0 spiro atoms. The van der Waals surface area contributed by atoms with Crippen LogP contribution in [-0.2, 0) is 6.42 Å². The van der Waals surface area contributed by atoms with E-state index in [-0.39, 0.29) is 23.1 Å². The number of rotatable bonds is 7. The number of aromatic nitrogens is 3. The first-order valence-corrected chi connectivity index (χ1v) is 13.9. The van der Waals surface area contributed by atoms with Gasteiger partial charge in [-0.2, -0.15) is 5.10 Å². The molecule has 1 saturated heterocycles. The Morgan fingerprint density at radius 2 is 1.93 bits per heavy atom. The highest BCUT2D eigenvalue weighted by Gasteiger charge is 2.27. The SMILES string of the molecule is C#Cc1cnc(N2CCN(C(=O)c3cc(Cc4n[nH]c(=O)c5ccc(OC6CCC6)cc45)ccc3F)CC2)c(OC)c1. The molecule has 2 fully saturated rings. The zero-order valence-corrected chi connectivity index (χ0v) is 23.2. The minimum atomic E-state index is -0.588. The number of piperazine rings is 1. The van der Waals surface area contributed by atoms with Crippen molar-refractivity contribution in [3.63, 3.8) is 0 Å². The van der Waals surface area contributed by atoms with Gasteiger partial charge in [-0.25, -0.2) is 14.5 Å². The molecule has 2 aromatic heterocycles. The molecular formula is C32H30FN5O4. The number of terminal acetylenes is 1. The molecule has 3 heterocycles. The summed E-state index contributed by atoms with van der Waals surface area (Å²) in [6.07, 6.45) is 10.8. The number of halogens is 1. The molecule has 9 nitrogen and oxygen atoms in total. The van der Waals surface area contributed by atoms with E-state index >= 15 is 0 Å². The fourth-order valence-electron chi connectivity index (χ4n) is 5.32. The lowest BCUT2D eigenvalue weighted by Gasteiger charge is -2.36. The highest BCUT2D eigenvalue weighted by molar-refractivity contribution is 5.95. The average Bonchev–Trinajstić information content (AvgIpc) is 3.00. The van der Waals surface area contributed by atoms with Gasteiger partial charge in [0.15, 0.2) is 11.6 Å². The van der Waals surface area contributed by atoms with E-state index in [1.807, 2.05) is 11.0 Å². The van der Waals surface area contributed by atoms with Crippen molar-refractivity contribution < 1.29 is 18.7 Å². The highest BCUT2D eigenvalue weighted by Crippen LogP contribution is 2.29. The van der Waals surface area contributed by atoms with Gasteiger partial charge in [0.1, 0.15) is 11.6 Å². The highest BCUT2D eigenvalue weighted by atomic mass is 19.1. The van der Waals surface area contributed by atoms with Crippen LogP contribution in [0.3, 0.4) is 0 Å². The predicted octanol–water partition coefficient (Wildman–Crippen LogP) is 3.93. The number of ether oxygens (including phenoxy) is 2. The molecule has 1 amide bonds. The first-order chi connectivity index (χ1) is 20.4. The summed E-state index contributed by atoms with van der Waals surface area (Å²) in [7, 11) is 1.56. The Kier molecular flexibility index (Phi) is 7.48. The van der Waals surface area contributed by atoms with E-state index in [1.165, 1.54) is 6.07 Å². The molecule has 6 rings (SSSR count). The molecule has 42 heavy (non-hydrogen) atoms. The molecule has 0 unspecified atom stereocenters. The van der Waals surface area contributed by atoms with Gasteiger partial charge in [-0.05, 0) is 55.2 Å². The van der Waals surface area contributed by atoms with Gasteiger partial charge in [-0.15, -0.1) is 6.42 Å². The van der Waals surface area contributed by atoms with Crippen molar-refractivity contribution in [2.24, 2.45) is 0 Å². The normalized spacial score (nSPS) is 15.3. The third kappa shape index (κ3) is 5.38. The van der Waals surface area contributed by atoms with Gasteiger partial charge in [-0.3, -0.25) is 9.59 Å². The lowest BCUT2D eigenvalue weighted by atomic mass is 9.96. The van der Waals surface area contributed by atoms with Gasteiger partial charge in [0.25, 0.3) is 11.5 Å². The van der Waals surface area contributed by atoms with Crippen molar-refractivity contribution in [1.29, 1.82) is 0 Å². The summed E-state index contributed by atoms with van der Waals surface area (Å²) in [5.74, 6) is 3.48. The molecule has 1 aliphatic heterocycles. The molecule has 1 saturated carbocycles. The first-order valence-electron chi connectivity index (χ1n) is 13.9. The van der Waals surface area contributed by atoms with E-state index in [0.717, 1.165) is 19.3 Å². The number of fused-ring (bicyclic) bond motifs is 1. The number of aromatic amines is 1. The second kappa shape index (κ2) is 11.5. The summed E-state index contributed by atoms with van der Waals surface area (Å²) in [6, 6.07) is 11.6. The van der Waals surface area contributed by atoms with Crippen molar-refractivity contribution in [2.45, 2.75) is 31.8 Å². The number of carbonyl (C=O) groups excluding carboxylic acids is 1. The van der Waals surface area contributed by atoms with Crippen LogP contribution in [0.5, 0.6) is 11.5 Å². The van der Waals surface area contributed by atoms with Gasteiger partial charge in [0.2, 0.25) is 0 Å². The van der Waals surface area contributed by atoms with Crippen molar-refractivity contribution in [3.05, 3.63) is 87.2 Å². The zero-order valence-electron chi connectivity index (χ0n) is 23.2. The number of nitrogens with one attached hydrogen (secondary N) is 1.